The van der Waals surface area contributed by atoms with E-state index in [1.54, 1.807) is 18.2 Å². The molecule has 0 aromatic heterocycles. The van der Waals surface area contributed by atoms with Crippen molar-refractivity contribution in [2.24, 2.45) is 0 Å². The summed E-state index contributed by atoms with van der Waals surface area (Å²) in [5.41, 5.74) is -0.999. The first-order chi connectivity index (χ1) is 10.4. The van der Waals surface area contributed by atoms with Crippen molar-refractivity contribution in [3.63, 3.8) is 0 Å². The second kappa shape index (κ2) is 6.19. The van der Waals surface area contributed by atoms with E-state index in [0.717, 1.165) is 18.2 Å². The summed E-state index contributed by atoms with van der Waals surface area (Å²) in [6.07, 6.45) is 0. The van der Waals surface area contributed by atoms with Crippen LogP contribution in [-0.4, -0.2) is 15.8 Å². The molecule has 22 heavy (non-hydrogen) atoms. The first-order valence-corrected chi connectivity index (χ1v) is 6.26. The van der Waals surface area contributed by atoms with Crippen LogP contribution in [0.25, 0.3) is 0 Å². The van der Waals surface area contributed by atoms with E-state index in [-0.39, 0.29) is 10.6 Å². The molecular weight excluding hydrogens is 314 g/mol. The minimum atomic E-state index is -0.806. The van der Waals surface area contributed by atoms with Crippen LogP contribution in [-0.2, 0) is 0 Å². The fraction of sp³-hybridized carbons (Fsp3) is 0. The Kier molecular flexibility index (Phi) is 4.33. The van der Waals surface area contributed by atoms with E-state index in [2.05, 4.69) is 5.32 Å². The summed E-state index contributed by atoms with van der Waals surface area (Å²) in [7, 11) is 0. The number of benzene rings is 2. The molecule has 9 heteroatoms. The van der Waals surface area contributed by atoms with Crippen LogP contribution in [0.1, 0.15) is 10.4 Å². The number of carbonyl (C=O) groups is 1. The minimum Gasteiger partial charge on any atom is -0.321 e. The number of non-ortho nitro benzene ring substituents is 2. The first-order valence-electron chi connectivity index (χ1n) is 5.88. The Morgan fingerprint density at radius 3 is 2.05 bits per heavy atom. The molecule has 0 heterocycles. The quantitative estimate of drug-likeness (QED) is 0.684. The summed E-state index contributed by atoms with van der Waals surface area (Å²) in [6, 6.07) is 9.08. The molecule has 0 radical (unpaired) electrons. The van der Waals surface area contributed by atoms with Gasteiger partial charge in [-0.25, -0.2) is 0 Å². The molecule has 8 nitrogen and oxygen atoms in total. The molecule has 0 unspecified atom stereocenters. The number of carbonyl (C=O) groups excluding carboxylic acids is 1. The van der Waals surface area contributed by atoms with Crippen LogP contribution in [0.2, 0.25) is 5.02 Å². The summed E-state index contributed by atoms with van der Waals surface area (Å²) >= 11 is 5.89. The molecule has 0 saturated carbocycles. The van der Waals surface area contributed by atoms with Gasteiger partial charge in [0.1, 0.15) is 0 Å². The predicted molar refractivity (Wildman–Crippen MR) is 79.2 cm³/mol. The second-order valence-corrected chi connectivity index (χ2v) is 4.59. The van der Waals surface area contributed by atoms with Gasteiger partial charge in [0.2, 0.25) is 0 Å². The fourth-order valence-electron chi connectivity index (χ4n) is 1.69. The third-order valence-corrected chi connectivity index (χ3v) is 3.04. The molecule has 2 aromatic rings. The number of halogens is 1. The van der Waals surface area contributed by atoms with Crippen LogP contribution in [0.5, 0.6) is 0 Å². The van der Waals surface area contributed by atoms with Gasteiger partial charge >= 0.3 is 0 Å². The van der Waals surface area contributed by atoms with Crippen molar-refractivity contribution < 1.29 is 14.6 Å². The largest absolute Gasteiger partial charge is 0.321 e. The number of nitro groups is 2. The zero-order valence-corrected chi connectivity index (χ0v) is 11.6. The third-order valence-electron chi connectivity index (χ3n) is 2.71. The zero-order chi connectivity index (χ0) is 16.3. The van der Waals surface area contributed by atoms with Gasteiger partial charge in [0, 0.05) is 12.1 Å². The van der Waals surface area contributed by atoms with Crippen LogP contribution in [0, 0.1) is 20.2 Å². The molecule has 0 atom stereocenters. The van der Waals surface area contributed by atoms with Gasteiger partial charge in [-0.3, -0.25) is 25.0 Å². The number of nitrogens with zero attached hydrogens (tertiary/aromatic N) is 2. The van der Waals surface area contributed by atoms with Crippen molar-refractivity contribution in [2.75, 3.05) is 5.32 Å². The number of para-hydroxylation sites is 1. The van der Waals surface area contributed by atoms with Gasteiger partial charge in [0.15, 0.2) is 0 Å². The van der Waals surface area contributed by atoms with E-state index in [9.17, 15) is 25.0 Å². The van der Waals surface area contributed by atoms with E-state index in [1.807, 2.05) is 0 Å². The van der Waals surface area contributed by atoms with Crippen molar-refractivity contribution >= 4 is 34.6 Å². The van der Waals surface area contributed by atoms with E-state index >= 15 is 0 Å². The number of nitro benzene ring substituents is 2. The van der Waals surface area contributed by atoms with Gasteiger partial charge in [-0.1, -0.05) is 23.7 Å². The molecule has 112 valence electrons. The van der Waals surface area contributed by atoms with Gasteiger partial charge in [-0.15, -0.1) is 0 Å². The van der Waals surface area contributed by atoms with Crippen molar-refractivity contribution in [1.29, 1.82) is 0 Å². The monoisotopic (exact) mass is 321 g/mol. The normalized spacial score (nSPS) is 10.0. The summed E-state index contributed by atoms with van der Waals surface area (Å²) in [4.78, 5) is 32.1. The Bertz CT molecular complexity index is 746. The lowest BCUT2D eigenvalue weighted by Gasteiger charge is -2.07. The van der Waals surface area contributed by atoms with Crippen LogP contribution in [0.4, 0.5) is 17.1 Å². The van der Waals surface area contributed by atoms with Crippen molar-refractivity contribution in [2.45, 2.75) is 0 Å². The molecule has 0 fully saturated rings. The van der Waals surface area contributed by atoms with Gasteiger partial charge in [-0.2, -0.15) is 0 Å². The summed E-state index contributed by atoms with van der Waals surface area (Å²) in [5.74, 6) is -0.736. The SMILES string of the molecule is O=C(Nc1ccccc1Cl)c1cc([N+](=O)[O-])cc([N+](=O)[O-])c1. The highest BCUT2D eigenvalue weighted by molar-refractivity contribution is 6.33. The number of rotatable bonds is 4. The Labute approximate surface area is 128 Å². The van der Waals surface area contributed by atoms with Crippen molar-refractivity contribution in [3.05, 3.63) is 73.3 Å². The fourth-order valence-corrected chi connectivity index (χ4v) is 1.88. The smallest absolute Gasteiger partial charge is 0.277 e. The van der Waals surface area contributed by atoms with E-state index in [4.69, 9.17) is 11.6 Å². The van der Waals surface area contributed by atoms with E-state index in [0.29, 0.717) is 5.69 Å². The third kappa shape index (κ3) is 3.36. The zero-order valence-electron chi connectivity index (χ0n) is 10.9. The lowest BCUT2D eigenvalue weighted by molar-refractivity contribution is -0.394. The van der Waals surface area contributed by atoms with Gasteiger partial charge in [0.25, 0.3) is 17.3 Å². The predicted octanol–water partition coefficient (Wildman–Crippen LogP) is 3.41. The molecular formula is C13H8ClN3O5. The highest BCUT2D eigenvalue weighted by Crippen LogP contribution is 2.25. The standard InChI is InChI=1S/C13H8ClN3O5/c14-11-3-1-2-4-12(11)15-13(18)8-5-9(16(19)20)7-10(6-8)17(21)22/h1-7H,(H,15,18). The number of amides is 1. The number of anilines is 1. The van der Waals surface area contributed by atoms with Crippen LogP contribution >= 0.6 is 11.6 Å². The summed E-state index contributed by atoms with van der Waals surface area (Å²) < 4.78 is 0. The highest BCUT2D eigenvalue weighted by atomic mass is 35.5. The summed E-state index contributed by atoms with van der Waals surface area (Å²) in [5, 5.41) is 24.3. The lowest BCUT2D eigenvalue weighted by atomic mass is 10.1. The van der Waals surface area contributed by atoms with Gasteiger partial charge in [-0.05, 0) is 12.1 Å². The van der Waals surface area contributed by atoms with E-state index in [1.165, 1.54) is 6.07 Å². The Hall–Kier alpha value is -3.00. The molecule has 2 rings (SSSR count). The molecule has 1 N–H and O–H groups in total. The van der Waals surface area contributed by atoms with Crippen LogP contribution < -0.4 is 5.32 Å². The Morgan fingerprint density at radius 2 is 1.55 bits per heavy atom. The molecule has 0 aliphatic heterocycles. The average molecular weight is 322 g/mol. The van der Waals surface area contributed by atoms with E-state index < -0.39 is 27.1 Å². The van der Waals surface area contributed by atoms with Gasteiger partial charge in [0.05, 0.1) is 32.2 Å². The second-order valence-electron chi connectivity index (χ2n) is 4.19. The minimum absolute atomic E-state index is 0.208. The Morgan fingerprint density at radius 1 is 1.00 bits per heavy atom. The molecule has 0 bridgehead atoms. The van der Waals surface area contributed by atoms with Crippen molar-refractivity contribution in [3.8, 4) is 0 Å². The average Bonchev–Trinajstić information content (AvgIpc) is 2.49. The maximum absolute atomic E-state index is 12.1. The maximum Gasteiger partial charge on any atom is 0.277 e. The Balaban J connectivity index is 2.39. The molecule has 1 amide bonds. The summed E-state index contributed by atoms with van der Waals surface area (Å²) in [6.45, 7) is 0. The van der Waals surface area contributed by atoms with Crippen molar-refractivity contribution in [1.82, 2.24) is 0 Å². The number of hydrogen-bond acceptors (Lipinski definition) is 5. The molecule has 0 spiro atoms. The molecule has 0 aliphatic carbocycles. The number of nitrogens with one attached hydrogen (secondary N) is 1. The number of hydrogen-bond donors (Lipinski definition) is 1. The maximum atomic E-state index is 12.1. The highest BCUT2D eigenvalue weighted by Gasteiger charge is 2.20. The van der Waals surface area contributed by atoms with Gasteiger partial charge < -0.3 is 5.32 Å². The molecule has 0 aliphatic rings. The molecule has 2 aromatic carbocycles. The topological polar surface area (TPSA) is 115 Å². The van der Waals surface area contributed by atoms with Crippen LogP contribution in [0.3, 0.4) is 0 Å². The lowest BCUT2D eigenvalue weighted by Crippen LogP contribution is -2.13. The molecule has 0 saturated heterocycles. The first kappa shape index (κ1) is 15.4. The van der Waals surface area contributed by atoms with Crippen LogP contribution in [0.15, 0.2) is 42.5 Å².